The standard InChI is InChI=1S/C30H62O5/c1-5-9-13-17-21-29(27(33)25-31,22-18-14-10-6-2)35-30(28(34)26-32,23-19-15-11-7-3)24-20-16-12-8-4/h27-28,31-34H,5-26H2,1-4H3. The van der Waals surface area contributed by atoms with Crippen LogP contribution in [0.4, 0.5) is 0 Å². The van der Waals surface area contributed by atoms with Crippen LogP contribution >= 0.6 is 0 Å². The van der Waals surface area contributed by atoms with Gasteiger partial charge in [-0.2, -0.15) is 0 Å². The van der Waals surface area contributed by atoms with E-state index in [4.69, 9.17) is 4.74 Å². The van der Waals surface area contributed by atoms with Crippen molar-refractivity contribution in [3.8, 4) is 0 Å². The summed E-state index contributed by atoms with van der Waals surface area (Å²) in [4.78, 5) is 0. The molecule has 0 fully saturated rings. The topological polar surface area (TPSA) is 90.2 Å². The third-order valence-electron chi connectivity index (χ3n) is 7.78. The second-order valence-electron chi connectivity index (χ2n) is 10.9. The Labute approximate surface area is 218 Å². The first kappa shape index (κ1) is 34.8. The van der Waals surface area contributed by atoms with Gasteiger partial charge in [0.25, 0.3) is 0 Å². The van der Waals surface area contributed by atoms with E-state index in [-0.39, 0.29) is 13.2 Å². The van der Waals surface area contributed by atoms with E-state index in [0.29, 0.717) is 25.7 Å². The minimum Gasteiger partial charge on any atom is -0.394 e. The van der Waals surface area contributed by atoms with Gasteiger partial charge in [-0.05, 0) is 25.7 Å². The molecule has 212 valence electrons. The van der Waals surface area contributed by atoms with Gasteiger partial charge in [0.1, 0.15) is 12.2 Å². The second kappa shape index (κ2) is 21.8. The van der Waals surface area contributed by atoms with Crippen molar-refractivity contribution in [2.45, 2.75) is 180 Å². The van der Waals surface area contributed by atoms with Crippen LogP contribution in [0.5, 0.6) is 0 Å². The van der Waals surface area contributed by atoms with Crippen LogP contribution in [0.3, 0.4) is 0 Å². The van der Waals surface area contributed by atoms with Crippen LogP contribution in [-0.2, 0) is 4.74 Å². The van der Waals surface area contributed by atoms with E-state index in [2.05, 4.69) is 27.7 Å². The number of ether oxygens (including phenoxy) is 1. The molecular weight excluding hydrogens is 440 g/mol. The molecular formula is C30H62O5. The fourth-order valence-electron chi connectivity index (χ4n) is 5.40. The van der Waals surface area contributed by atoms with Gasteiger partial charge < -0.3 is 25.2 Å². The second-order valence-corrected chi connectivity index (χ2v) is 10.9. The third-order valence-corrected chi connectivity index (χ3v) is 7.78. The van der Waals surface area contributed by atoms with Gasteiger partial charge in [0, 0.05) is 0 Å². The van der Waals surface area contributed by atoms with Gasteiger partial charge in [-0.25, -0.2) is 0 Å². The minimum absolute atomic E-state index is 0.349. The maximum absolute atomic E-state index is 11.2. The average molecular weight is 503 g/mol. The van der Waals surface area contributed by atoms with Gasteiger partial charge in [0.2, 0.25) is 0 Å². The van der Waals surface area contributed by atoms with E-state index >= 15 is 0 Å². The fourth-order valence-corrected chi connectivity index (χ4v) is 5.40. The van der Waals surface area contributed by atoms with E-state index in [1.807, 2.05) is 0 Å². The highest BCUT2D eigenvalue weighted by Gasteiger charge is 2.48. The summed E-state index contributed by atoms with van der Waals surface area (Å²) in [5.74, 6) is 0. The van der Waals surface area contributed by atoms with Crippen molar-refractivity contribution in [2.24, 2.45) is 0 Å². The molecule has 5 nitrogen and oxygen atoms in total. The first-order valence-electron chi connectivity index (χ1n) is 15.2. The van der Waals surface area contributed by atoms with Crippen LogP contribution in [0.25, 0.3) is 0 Å². The molecule has 0 heterocycles. The highest BCUT2D eigenvalue weighted by atomic mass is 16.6. The molecule has 2 unspecified atom stereocenters. The Balaban J connectivity index is 6.10. The van der Waals surface area contributed by atoms with Crippen LogP contribution in [0.1, 0.15) is 156 Å². The van der Waals surface area contributed by atoms with Crippen molar-refractivity contribution in [3.05, 3.63) is 0 Å². The van der Waals surface area contributed by atoms with Crippen LogP contribution < -0.4 is 0 Å². The zero-order valence-corrected chi connectivity index (χ0v) is 23.9. The molecule has 0 aliphatic carbocycles. The normalized spacial score (nSPS) is 14.4. The molecule has 0 radical (unpaired) electrons. The number of aliphatic hydroxyl groups excluding tert-OH is 4. The van der Waals surface area contributed by atoms with Crippen LogP contribution in [-0.4, -0.2) is 57.0 Å². The quantitative estimate of drug-likeness (QED) is 0.0950. The highest BCUT2D eigenvalue weighted by molar-refractivity contribution is 4.97. The van der Waals surface area contributed by atoms with E-state index in [1.165, 1.54) is 0 Å². The molecule has 35 heavy (non-hydrogen) atoms. The Morgan fingerprint density at radius 3 is 0.914 bits per heavy atom. The van der Waals surface area contributed by atoms with Gasteiger partial charge in [-0.3, -0.25) is 0 Å². The Kier molecular flexibility index (Phi) is 21.7. The monoisotopic (exact) mass is 502 g/mol. The number of hydrogen-bond donors (Lipinski definition) is 4. The molecule has 0 rings (SSSR count). The molecule has 0 aromatic carbocycles. The summed E-state index contributed by atoms with van der Waals surface area (Å²) in [5, 5.41) is 42.6. The van der Waals surface area contributed by atoms with E-state index in [1.54, 1.807) is 0 Å². The summed E-state index contributed by atoms with van der Waals surface area (Å²) >= 11 is 0. The van der Waals surface area contributed by atoms with Crippen molar-refractivity contribution in [1.82, 2.24) is 0 Å². The van der Waals surface area contributed by atoms with Crippen molar-refractivity contribution in [1.29, 1.82) is 0 Å². The van der Waals surface area contributed by atoms with Crippen molar-refractivity contribution >= 4 is 0 Å². The Bertz CT molecular complexity index is 392. The molecule has 0 aromatic rings. The highest BCUT2D eigenvalue weighted by Crippen LogP contribution is 2.41. The molecule has 0 saturated heterocycles. The lowest BCUT2D eigenvalue weighted by molar-refractivity contribution is -0.253. The Morgan fingerprint density at radius 2 is 0.714 bits per heavy atom. The summed E-state index contributed by atoms with van der Waals surface area (Å²) < 4.78 is 7.03. The molecule has 4 N–H and O–H groups in total. The Hall–Kier alpha value is -0.200. The SMILES string of the molecule is CCCCCCC(CCCCCC)(OC(CCCCCC)(CCCCCC)C(O)CO)C(O)CO. The van der Waals surface area contributed by atoms with Gasteiger partial charge in [0.05, 0.1) is 24.4 Å². The summed E-state index contributed by atoms with van der Waals surface area (Å²) in [5.41, 5.74) is -1.80. The van der Waals surface area contributed by atoms with E-state index in [9.17, 15) is 20.4 Å². The summed E-state index contributed by atoms with van der Waals surface area (Å²) in [6.45, 7) is 8.05. The first-order valence-corrected chi connectivity index (χ1v) is 15.2. The summed E-state index contributed by atoms with van der Waals surface area (Å²) in [7, 11) is 0. The van der Waals surface area contributed by atoms with E-state index < -0.39 is 23.4 Å². The first-order chi connectivity index (χ1) is 16.9. The molecule has 0 saturated carbocycles. The smallest absolute Gasteiger partial charge is 0.106 e. The van der Waals surface area contributed by atoms with Gasteiger partial charge in [-0.1, -0.05) is 130 Å². The molecule has 2 atom stereocenters. The predicted octanol–water partition coefficient (Wildman–Crippen LogP) is 7.07. The fraction of sp³-hybridized carbons (Fsp3) is 1.00. The molecule has 0 aliphatic heterocycles. The molecule has 5 heteroatoms. The number of hydrogen-bond acceptors (Lipinski definition) is 5. The van der Waals surface area contributed by atoms with Crippen LogP contribution in [0.2, 0.25) is 0 Å². The summed E-state index contributed by atoms with van der Waals surface area (Å²) in [6, 6.07) is 0. The Morgan fingerprint density at radius 1 is 0.457 bits per heavy atom. The van der Waals surface area contributed by atoms with Gasteiger partial charge >= 0.3 is 0 Å². The third kappa shape index (κ3) is 13.8. The number of rotatable bonds is 26. The van der Waals surface area contributed by atoms with E-state index in [0.717, 1.165) is 103 Å². The maximum atomic E-state index is 11.2. The lowest BCUT2D eigenvalue weighted by Gasteiger charge is -2.48. The summed E-state index contributed by atoms with van der Waals surface area (Å²) in [6.07, 6.45) is 17.8. The van der Waals surface area contributed by atoms with Crippen LogP contribution in [0.15, 0.2) is 0 Å². The molecule has 0 amide bonds. The lowest BCUT2D eigenvalue weighted by Crippen LogP contribution is -2.58. The molecule has 0 aromatic heterocycles. The molecule has 0 bridgehead atoms. The lowest BCUT2D eigenvalue weighted by atomic mass is 9.80. The van der Waals surface area contributed by atoms with Crippen molar-refractivity contribution in [2.75, 3.05) is 13.2 Å². The van der Waals surface area contributed by atoms with Crippen molar-refractivity contribution < 1.29 is 25.2 Å². The molecule has 0 aliphatic rings. The molecule has 0 spiro atoms. The number of unbranched alkanes of at least 4 members (excludes halogenated alkanes) is 12. The largest absolute Gasteiger partial charge is 0.394 e. The van der Waals surface area contributed by atoms with Crippen LogP contribution in [0, 0.1) is 0 Å². The zero-order valence-electron chi connectivity index (χ0n) is 23.9. The zero-order chi connectivity index (χ0) is 26.4. The van der Waals surface area contributed by atoms with Crippen molar-refractivity contribution in [3.63, 3.8) is 0 Å². The minimum atomic E-state index is -0.998. The maximum Gasteiger partial charge on any atom is 0.106 e. The predicted molar refractivity (Wildman–Crippen MR) is 148 cm³/mol. The average Bonchev–Trinajstić information content (AvgIpc) is 2.88. The number of aliphatic hydroxyl groups is 4. The van der Waals surface area contributed by atoms with Gasteiger partial charge in [-0.15, -0.1) is 0 Å². The van der Waals surface area contributed by atoms with Gasteiger partial charge in [0.15, 0.2) is 0 Å².